The van der Waals surface area contributed by atoms with E-state index in [0.29, 0.717) is 12.0 Å². The van der Waals surface area contributed by atoms with Crippen molar-refractivity contribution in [1.82, 2.24) is 5.32 Å². The monoisotopic (exact) mass is 267 g/mol. The highest BCUT2D eigenvalue weighted by Crippen LogP contribution is 2.29. The summed E-state index contributed by atoms with van der Waals surface area (Å²) in [4.78, 5) is 0. The van der Waals surface area contributed by atoms with Crippen LogP contribution in [-0.2, 0) is 0 Å². The Hall–Kier alpha value is -1.60. The predicted molar refractivity (Wildman–Crippen MR) is 88.1 cm³/mol. The molecule has 0 aliphatic rings. The van der Waals surface area contributed by atoms with Gasteiger partial charge in [-0.25, -0.2) is 0 Å². The van der Waals surface area contributed by atoms with Crippen LogP contribution >= 0.6 is 0 Å². The van der Waals surface area contributed by atoms with E-state index < -0.39 is 0 Å². The molecule has 0 amide bonds. The molecule has 2 rings (SSSR count). The molecule has 0 aromatic heterocycles. The first-order valence-corrected chi connectivity index (χ1v) is 7.56. The zero-order valence-corrected chi connectivity index (χ0v) is 13.0. The fourth-order valence-corrected chi connectivity index (χ4v) is 2.60. The van der Waals surface area contributed by atoms with Crippen LogP contribution in [-0.4, -0.2) is 6.54 Å². The second-order valence-corrected chi connectivity index (χ2v) is 5.64. The molecule has 1 unspecified atom stereocenters. The molecule has 1 nitrogen and oxygen atoms in total. The number of hydrogen-bond acceptors (Lipinski definition) is 1. The number of nitrogens with one attached hydrogen (secondary N) is 1. The molecule has 0 saturated heterocycles. The molecule has 0 aliphatic carbocycles. The zero-order chi connectivity index (χ0) is 14.5. The molecule has 0 radical (unpaired) electrons. The van der Waals surface area contributed by atoms with Crippen LogP contribution < -0.4 is 5.32 Å². The third-order valence-electron chi connectivity index (χ3n) is 3.83. The molecular formula is C19H25N. The zero-order valence-electron chi connectivity index (χ0n) is 13.0. The quantitative estimate of drug-likeness (QED) is 0.790. The molecule has 106 valence electrons. The lowest BCUT2D eigenvalue weighted by atomic mass is 9.93. The Kier molecular flexibility index (Phi) is 4.97. The minimum Gasteiger partial charge on any atom is -0.310 e. The standard InChI is InChI=1S/C19H25N/c1-5-20-15(4)18-8-6-7-9-19(18)17-12-10-16(11-13-17)14(2)3/h6-15,20H,5H2,1-4H3. The van der Waals surface area contributed by atoms with Gasteiger partial charge in [0.2, 0.25) is 0 Å². The third-order valence-corrected chi connectivity index (χ3v) is 3.83. The molecular weight excluding hydrogens is 242 g/mol. The van der Waals surface area contributed by atoms with E-state index in [1.54, 1.807) is 0 Å². The highest BCUT2D eigenvalue weighted by molar-refractivity contribution is 5.68. The first-order valence-electron chi connectivity index (χ1n) is 7.56. The second-order valence-electron chi connectivity index (χ2n) is 5.64. The van der Waals surface area contributed by atoms with Crippen molar-refractivity contribution in [3.8, 4) is 11.1 Å². The highest BCUT2D eigenvalue weighted by Gasteiger charge is 2.10. The van der Waals surface area contributed by atoms with E-state index >= 15 is 0 Å². The van der Waals surface area contributed by atoms with Gasteiger partial charge in [0.25, 0.3) is 0 Å². The summed E-state index contributed by atoms with van der Waals surface area (Å²) in [5.41, 5.74) is 5.39. The highest BCUT2D eigenvalue weighted by atomic mass is 14.9. The van der Waals surface area contributed by atoms with Gasteiger partial charge in [0.15, 0.2) is 0 Å². The van der Waals surface area contributed by atoms with Gasteiger partial charge in [0.05, 0.1) is 0 Å². The average molecular weight is 267 g/mol. The fourth-order valence-electron chi connectivity index (χ4n) is 2.60. The van der Waals surface area contributed by atoms with Gasteiger partial charge in [-0.1, -0.05) is 69.3 Å². The summed E-state index contributed by atoms with van der Waals surface area (Å²) in [5, 5.41) is 3.50. The summed E-state index contributed by atoms with van der Waals surface area (Å²) in [5.74, 6) is 0.583. The summed E-state index contributed by atoms with van der Waals surface area (Å²) in [6.45, 7) is 9.83. The van der Waals surface area contributed by atoms with Crippen LogP contribution in [0.3, 0.4) is 0 Å². The number of rotatable bonds is 5. The molecule has 1 N–H and O–H groups in total. The molecule has 0 spiro atoms. The van der Waals surface area contributed by atoms with Gasteiger partial charge in [-0.05, 0) is 41.6 Å². The largest absolute Gasteiger partial charge is 0.310 e. The first kappa shape index (κ1) is 14.8. The van der Waals surface area contributed by atoms with E-state index in [1.807, 2.05) is 0 Å². The maximum Gasteiger partial charge on any atom is 0.0297 e. The molecule has 0 bridgehead atoms. The summed E-state index contributed by atoms with van der Waals surface area (Å²) in [6, 6.07) is 18.0. The van der Waals surface area contributed by atoms with Gasteiger partial charge in [-0.2, -0.15) is 0 Å². The summed E-state index contributed by atoms with van der Waals surface area (Å²) in [6.07, 6.45) is 0. The summed E-state index contributed by atoms with van der Waals surface area (Å²) >= 11 is 0. The summed E-state index contributed by atoms with van der Waals surface area (Å²) < 4.78 is 0. The van der Waals surface area contributed by atoms with Gasteiger partial charge in [-0.3, -0.25) is 0 Å². The van der Waals surface area contributed by atoms with E-state index in [1.165, 1.54) is 22.3 Å². The molecule has 0 aliphatic heterocycles. The number of benzene rings is 2. The van der Waals surface area contributed by atoms with E-state index in [2.05, 4.69) is 81.5 Å². The van der Waals surface area contributed by atoms with Crippen molar-refractivity contribution in [2.45, 2.75) is 39.7 Å². The Morgan fingerprint density at radius 3 is 2.15 bits per heavy atom. The van der Waals surface area contributed by atoms with Crippen molar-refractivity contribution < 1.29 is 0 Å². The third kappa shape index (κ3) is 3.29. The van der Waals surface area contributed by atoms with Gasteiger partial charge in [-0.15, -0.1) is 0 Å². The van der Waals surface area contributed by atoms with Crippen molar-refractivity contribution in [1.29, 1.82) is 0 Å². The lowest BCUT2D eigenvalue weighted by Crippen LogP contribution is -2.18. The van der Waals surface area contributed by atoms with Crippen molar-refractivity contribution in [2.24, 2.45) is 0 Å². The van der Waals surface area contributed by atoms with Crippen LogP contribution in [0.2, 0.25) is 0 Å². The lowest BCUT2D eigenvalue weighted by molar-refractivity contribution is 0.599. The SMILES string of the molecule is CCNC(C)c1ccccc1-c1ccc(C(C)C)cc1. The van der Waals surface area contributed by atoms with Crippen LogP contribution in [0, 0.1) is 0 Å². The Bertz CT molecular complexity index is 540. The Balaban J connectivity index is 2.37. The van der Waals surface area contributed by atoms with Gasteiger partial charge < -0.3 is 5.32 Å². The van der Waals surface area contributed by atoms with Gasteiger partial charge in [0.1, 0.15) is 0 Å². The Labute approximate surface area is 123 Å². The Morgan fingerprint density at radius 1 is 0.900 bits per heavy atom. The van der Waals surface area contributed by atoms with Gasteiger partial charge in [0, 0.05) is 6.04 Å². The van der Waals surface area contributed by atoms with E-state index in [4.69, 9.17) is 0 Å². The molecule has 2 aromatic rings. The first-order chi connectivity index (χ1) is 9.63. The molecule has 1 heteroatoms. The maximum absolute atomic E-state index is 3.50. The van der Waals surface area contributed by atoms with Crippen LogP contribution in [0.1, 0.15) is 50.8 Å². The molecule has 20 heavy (non-hydrogen) atoms. The molecule has 0 heterocycles. The topological polar surface area (TPSA) is 12.0 Å². The van der Waals surface area contributed by atoms with Crippen LogP contribution in [0.15, 0.2) is 48.5 Å². The minimum absolute atomic E-state index is 0.376. The van der Waals surface area contributed by atoms with E-state index in [0.717, 1.165) is 6.54 Å². The smallest absolute Gasteiger partial charge is 0.0297 e. The summed E-state index contributed by atoms with van der Waals surface area (Å²) in [7, 11) is 0. The van der Waals surface area contributed by atoms with E-state index in [-0.39, 0.29) is 0 Å². The van der Waals surface area contributed by atoms with Crippen molar-refractivity contribution in [3.63, 3.8) is 0 Å². The molecule has 2 aromatic carbocycles. The molecule has 0 fully saturated rings. The number of hydrogen-bond donors (Lipinski definition) is 1. The fraction of sp³-hybridized carbons (Fsp3) is 0.368. The normalized spacial score (nSPS) is 12.7. The van der Waals surface area contributed by atoms with Crippen molar-refractivity contribution >= 4 is 0 Å². The second kappa shape index (κ2) is 6.71. The lowest BCUT2D eigenvalue weighted by Gasteiger charge is -2.18. The minimum atomic E-state index is 0.376. The van der Waals surface area contributed by atoms with Crippen molar-refractivity contribution in [2.75, 3.05) is 6.54 Å². The predicted octanol–water partition coefficient (Wildman–Crippen LogP) is 5.15. The Morgan fingerprint density at radius 2 is 1.55 bits per heavy atom. The molecule has 0 saturated carbocycles. The van der Waals surface area contributed by atoms with Crippen LogP contribution in [0.25, 0.3) is 11.1 Å². The maximum atomic E-state index is 3.50. The van der Waals surface area contributed by atoms with E-state index in [9.17, 15) is 0 Å². The van der Waals surface area contributed by atoms with Crippen LogP contribution in [0.5, 0.6) is 0 Å². The van der Waals surface area contributed by atoms with Gasteiger partial charge >= 0.3 is 0 Å². The van der Waals surface area contributed by atoms with Crippen molar-refractivity contribution in [3.05, 3.63) is 59.7 Å². The molecule has 1 atom stereocenters. The van der Waals surface area contributed by atoms with Crippen LogP contribution in [0.4, 0.5) is 0 Å². The average Bonchev–Trinajstić information content (AvgIpc) is 2.47.